The summed E-state index contributed by atoms with van der Waals surface area (Å²) in [5.41, 5.74) is 0.723. The number of rotatable bonds is 5. The average Bonchev–Trinajstić information content (AvgIpc) is 2.64. The number of sulfonamides is 1. The number of anilines is 1. The Morgan fingerprint density at radius 2 is 1.63 bits per heavy atom. The van der Waals surface area contributed by atoms with E-state index in [4.69, 9.17) is 0 Å². The molecule has 0 N–H and O–H groups in total. The van der Waals surface area contributed by atoms with Gasteiger partial charge in [-0.25, -0.2) is 17.1 Å². The van der Waals surface area contributed by atoms with Gasteiger partial charge in [-0.2, -0.15) is 0 Å². The Balaban J connectivity index is 1.68. The van der Waals surface area contributed by atoms with Gasteiger partial charge in [0.2, 0.25) is 10.0 Å². The van der Waals surface area contributed by atoms with Gasteiger partial charge >= 0.3 is 0 Å². The lowest BCUT2D eigenvalue weighted by molar-refractivity contribution is 0.202. The second-order valence-corrected chi connectivity index (χ2v) is 8.84. The summed E-state index contributed by atoms with van der Waals surface area (Å²) in [5.74, 6) is -0.260. The Hall–Kier alpha value is -2.23. The number of nitrogens with zero attached hydrogens (tertiary/aromatic N) is 4. The summed E-state index contributed by atoms with van der Waals surface area (Å²) in [6, 6.07) is 9.01. The van der Waals surface area contributed by atoms with Crippen molar-refractivity contribution in [2.75, 3.05) is 45.2 Å². The van der Waals surface area contributed by atoms with Gasteiger partial charge in [-0.1, -0.05) is 0 Å². The molecule has 0 spiro atoms. The predicted octanol–water partition coefficient (Wildman–Crippen LogP) is 1.02. The number of hydrogen-bond acceptors (Lipinski definition) is 5. The maximum Gasteiger partial charge on any atom is 0.251 e. The molecular weight excluding hydrogens is 371 g/mol. The Kier molecular flexibility index (Phi) is 5.64. The molecule has 27 heavy (non-hydrogen) atoms. The molecule has 1 aliphatic heterocycles. The fraction of sp³-hybridized carbons (Fsp3) is 0.389. The monoisotopic (exact) mass is 394 g/mol. The summed E-state index contributed by atoms with van der Waals surface area (Å²) in [6.07, 6.45) is 1.39. The van der Waals surface area contributed by atoms with Gasteiger partial charge < -0.3 is 9.47 Å². The number of pyridine rings is 1. The smallest absolute Gasteiger partial charge is 0.251 e. The van der Waals surface area contributed by atoms with Crippen LogP contribution in [0.25, 0.3) is 0 Å². The van der Waals surface area contributed by atoms with Crippen molar-refractivity contribution in [2.24, 2.45) is 0 Å². The minimum atomic E-state index is -3.59. The van der Waals surface area contributed by atoms with Crippen molar-refractivity contribution in [1.82, 2.24) is 13.8 Å². The van der Waals surface area contributed by atoms with Gasteiger partial charge in [-0.15, -0.1) is 0 Å². The standard InChI is InChI=1S/C18H23FN4O3S/c1-20(2)27(25,26)17-7-8-18(24)23(13-17)14-21-9-11-22(12-10-21)16-5-3-15(19)4-6-16/h3-8,13H,9-12,14H2,1-2H3. The lowest BCUT2D eigenvalue weighted by Crippen LogP contribution is -2.47. The van der Waals surface area contributed by atoms with Gasteiger partial charge in [0.1, 0.15) is 5.82 Å². The van der Waals surface area contributed by atoms with E-state index in [1.165, 1.54) is 49.1 Å². The van der Waals surface area contributed by atoms with E-state index >= 15 is 0 Å². The van der Waals surface area contributed by atoms with Crippen molar-refractivity contribution in [3.8, 4) is 0 Å². The van der Waals surface area contributed by atoms with Crippen LogP contribution in [0, 0.1) is 5.82 Å². The number of benzene rings is 1. The first-order valence-electron chi connectivity index (χ1n) is 8.63. The molecule has 0 saturated carbocycles. The molecule has 1 saturated heterocycles. The number of halogens is 1. The highest BCUT2D eigenvalue weighted by molar-refractivity contribution is 7.89. The van der Waals surface area contributed by atoms with E-state index in [1.807, 2.05) is 0 Å². The predicted molar refractivity (Wildman–Crippen MR) is 102 cm³/mol. The highest BCUT2D eigenvalue weighted by atomic mass is 32.2. The lowest BCUT2D eigenvalue weighted by Gasteiger charge is -2.36. The molecule has 7 nitrogen and oxygen atoms in total. The van der Waals surface area contributed by atoms with Gasteiger partial charge in [0, 0.05) is 58.2 Å². The van der Waals surface area contributed by atoms with Gasteiger partial charge in [0.25, 0.3) is 5.56 Å². The molecule has 0 aliphatic carbocycles. The summed E-state index contributed by atoms with van der Waals surface area (Å²) in [6.45, 7) is 3.25. The lowest BCUT2D eigenvalue weighted by atomic mass is 10.2. The molecule has 1 aromatic heterocycles. The molecular formula is C18H23FN4O3S. The van der Waals surface area contributed by atoms with E-state index < -0.39 is 10.0 Å². The number of piperazine rings is 1. The molecule has 1 fully saturated rings. The normalized spacial score (nSPS) is 16.1. The fourth-order valence-electron chi connectivity index (χ4n) is 3.00. The number of aromatic nitrogens is 1. The SMILES string of the molecule is CN(C)S(=O)(=O)c1ccc(=O)n(CN2CCN(c3ccc(F)cc3)CC2)c1. The van der Waals surface area contributed by atoms with Crippen LogP contribution in [0.2, 0.25) is 0 Å². The largest absolute Gasteiger partial charge is 0.369 e. The third kappa shape index (κ3) is 4.37. The van der Waals surface area contributed by atoms with Crippen LogP contribution in [-0.2, 0) is 16.7 Å². The van der Waals surface area contributed by atoms with Crippen LogP contribution in [0.1, 0.15) is 0 Å². The molecule has 9 heteroatoms. The Morgan fingerprint density at radius 1 is 1.00 bits per heavy atom. The summed E-state index contributed by atoms with van der Waals surface area (Å²) >= 11 is 0. The van der Waals surface area contributed by atoms with Crippen LogP contribution < -0.4 is 10.5 Å². The zero-order valence-electron chi connectivity index (χ0n) is 15.4. The molecule has 0 atom stereocenters. The maximum absolute atomic E-state index is 13.1. The minimum absolute atomic E-state index is 0.0945. The van der Waals surface area contributed by atoms with Crippen molar-refractivity contribution in [3.63, 3.8) is 0 Å². The first-order valence-corrected chi connectivity index (χ1v) is 10.1. The zero-order valence-corrected chi connectivity index (χ0v) is 16.2. The van der Waals surface area contributed by atoms with Crippen LogP contribution in [-0.4, -0.2) is 62.5 Å². The molecule has 146 valence electrons. The molecule has 0 radical (unpaired) electrons. The van der Waals surface area contributed by atoms with Crippen LogP contribution in [0.15, 0.2) is 52.3 Å². The van der Waals surface area contributed by atoms with E-state index in [2.05, 4.69) is 9.80 Å². The Labute approximate surface area is 158 Å². The van der Waals surface area contributed by atoms with Gasteiger partial charge in [0.15, 0.2) is 0 Å². The average molecular weight is 394 g/mol. The van der Waals surface area contributed by atoms with E-state index in [-0.39, 0.29) is 16.3 Å². The molecule has 0 bridgehead atoms. The van der Waals surface area contributed by atoms with Crippen molar-refractivity contribution >= 4 is 15.7 Å². The van der Waals surface area contributed by atoms with Crippen LogP contribution in [0.3, 0.4) is 0 Å². The van der Waals surface area contributed by atoms with Gasteiger partial charge in [0.05, 0.1) is 11.6 Å². The van der Waals surface area contributed by atoms with Crippen LogP contribution >= 0.6 is 0 Å². The highest BCUT2D eigenvalue weighted by Gasteiger charge is 2.20. The van der Waals surface area contributed by atoms with E-state index in [9.17, 15) is 17.6 Å². The van der Waals surface area contributed by atoms with Crippen molar-refractivity contribution in [2.45, 2.75) is 11.6 Å². The molecule has 0 unspecified atom stereocenters. The second kappa shape index (κ2) is 7.79. The van der Waals surface area contributed by atoms with Gasteiger partial charge in [-0.3, -0.25) is 9.69 Å². The molecule has 2 heterocycles. The maximum atomic E-state index is 13.1. The minimum Gasteiger partial charge on any atom is -0.369 e. The first kappa shape index (κ1) is 19.5. The second-order valence-electron chi connectivity index (χ2n) is 6.68. The van der Waals surface area contributed by atoms with Crippen LogP contribution in [0.4, 0.5) is 10.1 Å². The van der Waals surface area contributed by atoms with E-state index in [0.717, 1.165) is 23.1 Å². The summed E-state index contributed by atoms with van der Waals surface area (Å²) in [7, 11) is -0.674. The number of hydrogen-bond donors (Lipinski definition) is 0. The topological polar surface area (TPSA) is 65.9 Å². The molecule has 0 amide bonds. The fourth-order valence-corrected chi connectivity index (χ4v) is 3.92. The first-order chi connectivity index (χ1) is 12.8. The summed E-state index contributed by atoms with van der Waals surface area (Å²) in [5, 5.41) is 0. The van der Waals surface area contributed by atoms with Crippen LogP contribution in [0.5, 0.6) is 0 Å². The third-order valence-electron chi connectivity index (χ3n) is 4.65. The Morgan fingerprint density at radius 3 is 2.22 bits per heavy atom. The molecule has 2 aromatic rings. The zero-order chi connectivity index (χ0) is 19.6. The van der Waals surface area contributed by atoms with E-state index in [0.29, 0.717) is 19.8 Å². The van der Waals surface area contributed by atoms with Crippen molar-refractivity contribution in [3.05, 3.63) is 58.8 Å². The quantitative estimate of drug-likeness (QED) is 0.758. The van der Waals surface area contributed by atoms with Crippen molar-refractivity contribution < 1.29 is 12.8 Å². The molecule has 1 aromatic carbocycles. The van der Waals surface area contributed by atoms with Gasteiger partial charge in [-0.05, 0) is 30.3 Å². The Bertz CT molecular complexity index is 949. The summed E-state index contributed by atoms with van der Waals surface area (Å²) in [4.78, 5) is 16.5. The summed E-state index contributed by atoms with van der Waals surface area (Å²) < 4.78 is 40.2. The third-order valence-corrected chi connectivity index (χ3v) is 6.45. The molecule has 1 aliphatic rings. The highest BCUT2D eigenvalue weighted by Crippen LogP contribution is 2.17. The van der Waals surface area contributed by atoms with E-state index in [1.54, 1.807) is 12.1 Å². The molecule has 3 rings (SSSR count). The van der Waals surface area contributed by atoms with Crippen molar-refractivity contribution in [1.29, 1.82) is 0 Å².